The topological polar surface area (TPSA) is 49.6 Å². The van der Waals surface area contributed by atoms with Crippen molar-refractivity contribution < 1.29 is 9.18 Å². The van der Waals surface area contributed by atoms with Gasteiger partial charge in [0.2, 0.25) is 0 Å². The Bertz CT molecular complexity index is 700. The maximum absolute atomic E-state index is 13.3. The van der Waals surface area contributed by atoms with Gasteiger partial charge >= 0.3 is 0 Å². The molecule has 2 aromatic carbocycles. The van der Waals surface area contributed by atoms with Gasteiger partial charge in [-0.2, -0.15) is 0 Å². The zero-order valence-electron chi connectivity index (χ0n) is 14.0. The van der Waals surface area contributed by atoms with Crippen LogP contribution in [0.5, 0.6) is 0 Å². The Kier molecular flexibility index (Phi) is 6.93. The van der Waals surface area contributed by atoms with Crippen molar-refractivity contribution in [3.05, 3.63) is 71.0 Å². The van der Waals surface area contributed by atoms with E-state index in [0.717, 1.165) is 24.2 Å². The molecular formula is C19H23ClFN3O. The van der Waals surface area contributed by atoms with Crippen LogP contribution in [0.1, 0.15) is 21.5 Å². The Morgan fingerprint density at radius 2 is 1.68 bits per heavy atom. The number of amides is 1. The number of carbonyl (C=O) groups is 1. The van der Waals surface area contributed by atoms with Crippen LogP contribution >= 0.6 is 12.4 Å². The summed E-state index contributed by atoms with van der Waals surface area (Å²) in [6.45, 7) is 4.16. The van der Waals surface area contributed by atoms with E-state index in [4.69, 9.17) is 5.73 Å². The number of nitrogens with zero attached hydrogens (tertiary/aromatic N) is 2. The number of halogens is 2. The average molecular weight is 364 g/mol. The van der Waals surface area contributed by atoms with Crippen molar-refractivity contribution in [1.82, 2.24) is 9.80 Å². The molecule has 0 bridgehead atoms. The van der Waals surface area contributed by atoms with E-state index in [9.17, 15) is 9.18 Å². The molecule has 0 aliphatic carbocycles. The lowest BCUT2D eigenvalue weighted by Crippen LogP contribution is -2.48. The lowest BCUT2D eigenvalue weighted by atomic mass is 10.1. The second-order valence-corrected chi connectivity index (χ2v) is 6.10. The molecule has 25 heavy (non-hydrogen) atoms. The van der Waals surface area contributed by atoms with Gasteiger partial charge in [-0.15, -0.1) is 12.4 Å². The van der Waals surface area contributed by atoms with E-state index in [1.165, 1.54) is 6.07 Å². The molecule has 1 amide bonds. The molecule has 0 aromatic heterocycles. The van der Waals surface area contributed by atoms with Gasteiger partial charge in [-0.1, -0.05) is 24.3 Å². The first-order valence-corrected chi connectivity index (χ1v) is 8.21. The van der Waals surface area contributed by atoms with Crippen LogP contribution in [0, 0.1) is 5.82 Å². The summed E-state index contributed by atoms with van der Waals surface area (Å²) >= 11 is 0. The number of hydrogen-bond acceptors (Lipinski definition) is 3. The predicted octanol–water partition coefficient (Wildman–Crippen LogP) is 2.66. The van der Waals surface area contributed by atoms with E-state index in [0.29, 0.717) is 31.7 Å². The third-order valence-corrected chi connectivity index (χ3v) is 4.39. The number of hydrogen-bond donors (Lipinski definition) is 1. The zero-order valence-corrected chi connectivity index (χ0v) is 14.8. The van der Waals surface area contributed by atoms with Crippen LogP contribution in [-0.4, -0.2) is 41.9 Å². The van der Waals surface area contributed by atoms with Gasteiger partial charge in [-0.05, 0) is 35.4 Å². The summed E-state index contributed by atoms with van der Waals surface area (Å²) in [5, 5.41) is 0. The summed E-state index contributed by atoms with van der Waals surface area (Å²) in [7, 11) is 0. The Morgan fingerprint density at radius 1 is 1.00 bits per heavy atom. The minimum absolute atomic E-state index is 0. The van der Waals surface area contributed by atoms with Crippen molar-refractivity contribution in [2.45, 2.75) is 13.1 Å². The van der Waals surface area contributed by atoms with Crippen LogP contribution in [0.3, 0.4) is 0 Å². The van der Waals surface area contributed by atoms with E-state index in [-0.39, 0.29) is 24.1 Å². The van der Waals surface area contributed by atoms with Gasteiger partial charge in [0.05, 0.1) is 0 Å². The number of piperazine rings is 1. The lowest BCUT2D eigenvalue weighted by Gasteiger charge is -2.34. The summed E-state index contributed by atoms with van der Waals surface area (Å²) in [5.74, 6) is -0.147. The quantitative estimate of drug-likeness (QED) is 0.908. The van der Waals surface area contributed by atoms with Crippen LogP contribution in [0.25, 0.3) is 0 Å². The molecular weight excluding hydrogens is 341 g/mol. The van der Waals surface area contributed by atoms with Gasteiger partial charge in [-0.25, -0.2) is 4.39 Å². The van der Waals surface area contributed by atoms with Crippen LogP contribution in [0.15, 0.2) is 48.5 Å². The summed E-state index contributed by atoms with van der Waals surface area (Å²) in [4.78, 5) is 16.7. The molecule has 1 saturated heterocycles. The molecule has 1 fully saturated rings. The largest absolute Gasteiger partial charge is 0.336 e. The SMILES string of the molecule is Cl.NCc1ccc(C(=O)N2CCN(Cc3cccc(F)c3)CC2)cc1. The molecule has 3 rings (SSSR count). The fourth-order valence-corrected chi connectivity index (χ4v) is 2.97. The van der Waals surface area contributed by atoms with E-state index in [1.807, 2.05) is 35.2 Å². The molecule has 0 atom stereocenters. The standard InChI is InChI=1S/C19H22FN3O.ClH/c20-18-3-1-2-16(12-18)14-22-8-10-23(11-9-22)19(24)17-6-4-15(13-21)5-7-17;/h1-7,12H,8-11,13-14,21H2;1H. The first-order valence-electron chi connectivity index (χ1n) is 8.21. The third kappa shape index (κ3) is 5.01. The van der Waals surface area contributed by atoms with Gasteiger partial charge in [0.15, 0.2) is 0 Å². The smallest absolute Gasteiger partial charge is 0.253 e. The summed E-state index contributed by atoms with van der Waals surface area (Å²) < 4.78 is 13.3. The Balaban J connectivity index is 0.00000225. The molecule has 1 aliphatic heterocycles. The fourth-order valence-electron chi connectivity index (χ4n) is 2.97. The molecule has 6 heteroatoms. The highest BCUT2D eigenvalue weighted by Gasteiger charge is 2.22. The number of carbonyl (C=O) groups excluding carboxylic acids is 1. The molecule has 134 valence electrons. The van der Waals surface area contributed by atoms with E-state index in [2.05, 4.69) is 4.90 Å². The summed E-state index contributed by atoms with van der Waals surface area (Å²) in [6, 6.07) is 14.1. The Labute approximate surface area is 153 Å². The molecule has 0 radical (unpaired) electrons. The first kappa shape index (κ1) is 19.4. The summed E-state index contributed by atoms with van der Waals surface area (Å²) in [5.41, 5.74) is 8.27. The molecule has 1 heterocycles. The van der Waals surface area contributed by atoms with E-state index < -0.39 is 0 Å². The average Bonchev–Trinajstić information content (AvgIpc) is 2.62. The summed E-state index contributed by atoms with van der Waals surface area (Å²) in [6.07, 6.45) is 0. The highest BCUT2D eigenvalue weighted by atomic mass is 35.5. The second kappa shape index (κ2) is 8.94. The minimum atomic E-state index is -0.206. The molecule has 4 nitrogen and oxygen atoms in total. The van der Waals surface area contributed by atoms with E-state index in [1.54, 1.807) is 12.1 Å². The van der Waals surface area contributed by atoms with E-state index >= 15 is 0 Å². The Hall–Kier alpha value is -1.95. The van der Waals surface area contributed by atoms with Gasteiger partial charge in [0.25, 0.3) is 5.91 Å². The highest BCUT2D eigenvalue weighted by Crippen LogP contribution is 2.13. The third-order valence-electron chi connectivity index (χ3n) is 4.39. The number of nitrogens with two attached hydrogens (primary N) is 1. The Morgan fingerprint density at radius 3 is 2.28 bits per heavy atom. The molecule has 0 saturated carbocycles. The molecule has 1 aliphatic rings. The maximum atomic E-state index is 13.3. The molecule has 0 unspecified atom stereocenters. The van der Waals surface area contributed by atoms with Crippen LogP contribution < -0.4 is 5.73 Å². The maximum Gasteiger partial charge on any atom is 0.253 e. The van der Waals surface area contributed by atoms with Crippen molar-refractivity contribution in [3.63, 3.8) is 0 Å². The minimum Gasteiger partial charge on any atom is -0.336 e. The molecule has 0 spiro atoms. The van der Waals surface area contributed by atoms with Gasteiger partial charge < -0.3 is 10.6 Å². The second-order valence-electron chi connectivity index (χ2n) is 6.10. The lowest BCUT2D eigenvalue weighted by molar-refractivity contribution is 0.0628. The molecule has 2 N–H and O–H groups in total. The predicted molar refractivity (Wildman–Crippen MR) is 99.2 cm³/mol. The highest BCUT2D eigenvalue weighted by molar-refractivity contribution is 5.94. The number of rotatable bonds is 4. The monoisotopic (exact) mass is 363 g/mol. The van der Waals surface area contributed by atoms with Gasteiger partial charge in [0.1, 0.15) is 5.82 Å². The van der Waals surface area contributed by atoms with Crippen LogP contribution in [0.2, 0.25) is 0 Å². The van der Waals surface area contributed by atoms with Crippen molar-refractivity contribution >= 4 is 18.3 Å². The van der Waals surface area contributed by atoms with Crippen molar-refractivity contribution in [2.75, 3.05) is 26.2 Å². The number of benzene rings is 2. The molecule has 2 aromatic rings. The van der Waals surface area contributed by atoms with Gasteiger partial charge in [-0.3, -0.25) is 9.69 Å². The normalized spacial score (nSPS) is 14.9. The van der Waals surface area contributed by atoms with Crippen molar-refractivity contribution in [2.24, 2.45) is 5.73 Å². The van der Waals surface area contributed by atoms with Crippen molar-refractivity contribution in [1.29, 1.82) is 0 Å². The van der Waals surface area contributed by atoms with Gasteiger partial charge in [0, 0.05) is 44.8 Å². The van der Waals surface area contributed by atoms with Crippen LogP contribution in [0.4, 0.5) is 4.39 Å². The zero-order chi connectivity index (χ0) is 16.9. The van der Waals surface area contributed by atoms with Crippen LogP contribution in [-0.2, 0) is 13.1 Å². The fraction of sp³-hybridized carbons (Fsp3) is 0.316. The first-order chi connectivity index (χ1) is 11.7. The van der Waals surface area contributed by atoms with Crippen molar-refractivity contribution in [3.8, 4) is 0 Å².